The monoisotopic (exact) mass is 529 g/mol. The second-order valence-corrected chi connectivity index (χ2v) is 9.98. The van der Waals surface area contributed by atoms with Crippen LogP contribution >= 0.6 is 11.6 Å². The quantitative estimate of drug-likeness (QED) is 0.393. The second kappa shape index (κ2) is 9.33. The third kappa shape index (κ3) is 4.57. The summed E-state index contributed by atoms with van der Waals surface area (Å²) < 4.78 is 44.6. The Hall–Kier alpha value is -3.10. The molecule has 2 N–H and O–H groups in total. The molecule has 0 aliphatic carbocycles. The van der Waals surface area contributed by atoms with Crippen molar-refractivity contribution in [2.45, 2.75) is 30.7 Å². The standard InChI is InChI=1S/C26H23ClF3N5O2/c27-23-6-4-16(10-31-23)24-15(3-5-20(25(24)36)21-9-22(33-32-21)26(28,29)30)2-1-7-34-11-17-8-18(12-34)35(17)19-13-37-14-19/h3-6,9-10,17-19,36H,7-8,11-14H2,(H,32,33). The molecule has 4 aliphatic rings. The zero-order valence-corrected chi connectivity index (χ0v) is 20.4. The van der Waals surface area contributed by atoms with Crippen LogP contribution in [0.3, 0.4) is 0 Å². The van der Waals surface area contributed by atoms with Gasteiger partial charge in [0.1, 0.15) is 10.9 Å². The van der Waals surface area contributed by atoms with Gasteiger partial charge in [-0.25, -0.2) is 4.98 Å². The molecule has 0 radical (unpaired) electrons. The first-order valence-electron chi connectivity index (χ1n) is 11.9. The number of phenols is 1. The smallest absolute Gasteiger partial charge is 0.435 e. The number of fused-ring (bicyclic) bond motifs is 2. The van der Waals surface area contributed by atoms with E-state index in [2.05, 4.69) is 36.8 Å². The topological polar surface area (TPSA) is 77.5 Å². The average Bonchev–Trinajstić information content (AvgIpc) is 3.33. The second-order valence-electron chi connectivity index (χ2n) is 9.60. The minimum absolute atomic E-state index is 0.0430. The van der Waals surface area contributed by atoms with Crippen LogP contribution in [0.2, 0.25) is 5.15 Å². The Morgan fingerprint density at radius 3 is 2.54 bits per heavy atom. The minimum Gasteiger partial charge on any atom is -0.507 e. The number of nitrogens with one attached hydrogen (secondary N) is 1. The van der Waals surface area contributed by atoms with Gasteiger partial charge < -0.3 is 9.84 Å². The molecule has 2 atom stereocenters. The van der Waals surface area contributed by atoms with E-state index in [9.17, 15) is 18.3 Å². The molecule has 6 heterocycles. The summed E-state index contributed by atoms with van der Waals surface area (Å²) >= 11 is 5.94. The molecule has 2 aromatic heterocycles. The highest BCUT2D eigenvalue weighted by Gasteiger charge is 2.49. The fourth-order valence-electron chi connectivity index (χ4n) is 5.43. The number of piperazine rings is 1. The number of alkyl halides is 3. The molecule has 7 rings (SSSR count). The van der Waals surface area contributed by atoms with Crippen molar-refractivity contribution in [3.8, 4) is 40.0 Å². The van der Waals surface area contributed by atoms with Crippen molar-refractivity contribution >= 4 is 11.6 Å². The third-order valence-electron chi connectivity index (χ3n) is 7.25. The van der Waals surface area contributed by atoms with Crippen LogP contribution in [-0.2, 0) is 10.9 Å². The van der Waals surface area contributed by atoms with E-state index in [1.807, 2.05) is 0 Å². The minimum atomic E-state index is -4.60. The van der Waals surface area contributed by atoms with Crippen molar-refractivity contribution in [1.82, 2.24) is 25.0 Å². The van der Waals surface area contributed by atoms with Crippen LogP contribution in [0.4, 0.5) is 13.2 Å². The SMILES string of the molecule is Oc1c(-c2cc(C(F)(F)F)n[nH]2)ccc(C#CCN2CC3CC(C2)N3C2COC2)c1-c1ccc(Cl)nc1. The number of benzene rings is 1. The van der Waals surface area contributed by atoms with Gasteiger partial charge in [0.25, 0.3) is 0 Å². The fourth-order valence-corrected chi connectivity index (χ4v) is 5.54. The highest BCUT2D eigenvalue weighted by Crippen LogP contribution is 2.41. The molecule has 4 fully saturated rings. The van der Waals surface area contributed by atoms with Crippen molar-refractivity contribution in [3.05, 3.63) is 52.9 Å². The van der Waals surface area contributed by atoms with E-state index in [4.69, 9.17) is 16.3 Å². The molecule has 7 nitrogen and oxygen atoms in total. The Labute approximate surface area is 216 Å². The maximum Gasteiger partial charge on any atom is 0.435 e. The molecule has 37 heavy (non-hydrogen) atoms. The molecule has 11 heteroatoms. The van der Waals surface area contributed by atoms with Crippen LogP contribution in [0.25, 0.3) is 22.4 Å². The normalized spacial score (nSPS) is 22.2. The molecular weight excluding hydrogens is 507 g/mol. The lowest BCUT2D eigenvalue weighted by Crippen LogP contribution is -2.73. The van der Waals surface area contributed by atoms with Gasteiger partial charge >= 0.3 is 6.18 Å². The number of hydrogen-bond acceptors (Lipinski definition) is 6. The maximum atomic E-state index is 13.1. The van der Waals surface area contributed by atoms with Crippen molar-refractivity contribution in [2.24, 2.45) is 0 Å². The lowest BCUT2D eigenvalue weighted by molar-refractivity contribution is -0.165. The number of aromatic hydroxyl groups is 1. The van der Waals surface area contributed by atoms with Gasteiger partial charge in [-0.3, -0.25) is 14.9 Å². The number of ether oxygens (including phenoxy) is 1. The van der Waals surface area contributed by atoms with E-state index < -0.39 is 11.9 Å². The summed E-state index contributed by atoms with van der Waals surface area (Å²) in [6, 6.07) is 9.00. The lowest BCUT2D eigenvalue weighted by Gasteiger charge is -2.60. The molecule has 0 saturated carbocycles. The molecule has 0 spiro atoms. The third-order valence-corrected chi connectivity index (χ3v) is 7.47. The number of pyridine rings is 1. The molecule has 3 aromatic rings. The zero-order chi connectivity index (χ0) is 25.7. The molecule has 4 saturated heterocycles. The number of hydrogen-bond donors (Lipinski definition) is 2. The van der Waals surface area contributed by atoms with Crippen molar-refractivity contribution in [1.29, 1.82) is 0 Å². The molecule has 1 aromatic carbocycles. The number of H-pyrrole nitrogens is 1. The van der Waals surface area contributed by atoms with Gasteiger partial charge in [-0.05, 0) is 36.8 Å². The van der Waals surface area contributed by atoms with Gasteiger partial charge in [0.2, 0.25) is 0 Å². The summed E-state index contributed by atoms with van der Waals surface area (Å²) in [5.41, 5.74) is 0.604. The van der Waals surface area contributed by atoms with E-state index in [1.165, 1.54) is 18.7 Å². The summed E-state index contributed by atoms with van der Waals surface area (Å²) in [7, 11) is 0. The van der Waals surface area contributed by atoms with Gasteiger partial charge in [0.15, 0.2) is 5.69 Å². The van der Waals surface area contributed by atoms with E-state index >= 15 is 0 Å². The van der Waals surface area contributed by atoms with Crippen molar-refractivity contribution in [2.75, 3.05) is 32.8 Å². The highest BCUT2D eigenvalue weighted by molar-refractivity contribution is 6.29. The molecule has 192 valence electrons. The molecule has 2 unspecified atom stereocenters. The van der Waals surface area contributed by atoms with Gasteiger partial charge in [-0.15, -0.1) is 0 Å². The van der Waals surface area contributed by atoms with Gasteiger partial charge in [0.05, 0.1) is 31.5 Å². The Morgan fingerprint density at radius 2 is 1.92 bits per heavy atom. The largest absolute Gasteiger partial charge is 0.507 e. The lowest BCUT2D eigenvalue weighted by atomic mass is 9.85. The summed E-state index contributed by atoms with van der Waals surface area (Å²) in [6.07, 6.45) is -1.89. The number of piperidine rings is 1. The Morgan fingerprint density at radius 1 is 1.14 bits per heavy atom. The van der Waals surface area contributed by atoms with E-state index in [1.54, 1.807) is 18.2 Å². The Kier molecular flexibility index (Phi) is 6.12. The zero-order valence-electron chi connectivity index (χ0n) is 19.6. The fraction of sp³-hybridized carbons (Fsp3) is 0.385. The predicted octanol–water partition coefficient (Wildman–Crippen LogP) is 4.03. The number of nitrogens with zero attached hydrogens (tertiary/aromatic N) is 4. The van der Waals surface area contributed by atoms with Crippen LogP contribution in [-0.4, -0.2) is 81.1 Å². The van der Waals surface area contributed by atoms with Gasteiger partial charge in [0, 0.05) is 53.6 Å². The van der Waals surface area contributed by atoms with Crippen molar-refractivity contribution in [3.63, 3.8) is 0 Å². The Balaban J connectivity index is 1.27. The summed E-state index contributed by atoms with van der Waals surface area (Å²) in [6.45, 7) is 4.15. The highest BCUT2D eigenvalue weighted by atomic mass is 35.5. The molecular formula is C26H23ClF3N5O2. The van der Waals surface area contributed by atoms with E-state index in [0.29, 0.717) is 41.4 Å². The van der Waals surface area contributed by atoms with E-state index in [0.717, 1.165) is 32.4 Å². The number of halogens is 4. The molecule has 2 bridgehead atoms. The van der Waals surface area contributed by atoms with Gasteiger partial charge in [-0.2, -0.15) is 18.3 Å². The summed E-state index contributed by atoms with van der Waals surface area (Å²) in [5.74, 6) is 6.16. The first-order valence-corrected chi connectivity index (χ1v) is 12.3. The van der Waals surface area contributed by atoms with Crippen LogP contribution in [0.1, 0.15) is 17.7 Å². The van der Waals surface area contributed by atoms with E-state index in [-0.39, 0.29) is 22.2 Å². The summed E-state index contributed by atoms with van der Waals surface area (Å²) in [5, 5.41) is 17.2. The van der Waals surface area contributed by atoms with Crippen LogP contribution in [0, 0.1) is 11.8 Å². The Bertz CT molecular complexity index is 1370. The molecule has 4 aliphatic heterocycles. The number of aromatic nitrogens is 3. The summed E-state index contributed by atoms with van der Waals surface area (Å²) in [4.78, 5) is 9.01. The number of phenolic OH excluding ortho intramolecular Hbond substituents is 1. The van der Waals surface area contributed by atoms with Crippen LogP contribution in [0.15, 0.2) is 36.5 Å². The predicted molar refractivity (Wildman–Crippen MR) is 131 cm³/mol. The number of aromatic amines is 1. The number of rotatable bonds is 4. The molecule has 0 amide bonds. The van der Waals surface area contributed by atoms with Gasteiger partial charge in [-0.1, -0.05) is 23.4 Å². The first-order chi connectivity index (χ1) is 17.8. The van der Waals surface area contributed by atoms with Crippen LogP contribution in [0.5, 0.6) is 5.75 Å². The maximum absolute atomic E-state index is 13.1. The van der Waals surface area contributed by atoms with Crippen molar-refractivity contribution < 1.29 is 23.0 Å². The first kappa shape index (κ1) is 24.2. The average molecular weight is 530 g/mol. The van der Waals surface area contributed by atoms with Crippen LogP contribution < -0.4 is 0 Å².